The number of benzene rings is 1. The van der Waals surface area contributed by atoms with Crippen molar-refractivity contribution in [2.24, 2.45) is 11.6 Å². The smallest absolute Gasteiger partial charge is 0.140 e. The lowest BCUT2D eigenvalue weighted by Crippen LogP contribution is -2.63. The molecule has 12 heteroatoms. The van der Waals surface area contributed by atoms with Crippen molar-refractivity contribution in [2.45, 2.75) is 34.7 Å². The van der Waals surface area contributed by atoms with E-state index >= 15 is 0 Å². The summed E-state index contributed by atoms with van der Waals surface area (Å²) in [5.41, 5.74) is 8.87. The third-order valence-corrected chi connectivity index (χ3v) is 7.08. The van der Waals surface area contributed by atoms with Crippen molar-refractivity contribution in [1.29, 1.82) is 0 Å². The second-order valence-corrected chi connectivity index (χ2v) is 9.20. The van der Waals surface area contributed by atoms with Gasteiger partial charge in [0.15, 0.2) is 0 Å². The van der Waals surface area contributed by atoms with E-state index in [1.54, 1.807) is 25.6 Å². The van der Waals surface area contributed by atoms with Crippen LogP contribution in [-0.2, 0) is 14.3 Å². The lowest BCUT2D eigenvalue weighted by molar-refractivity contribution is -0.172. The van der Waals surface area contributed by atoms with Crippen LogP contribution in [0, 0.1) is 5.82 Å². The van der Waals surface area contributed by atoms with Crippen LogP contribution in [0.1, 0.15) is 5.01 Å². The summed E-state index contributed by atoms with van der Waals surface area (Å²) < 4.78 is 26.2. The second kappa shape index (κ2) is 9.37. The predicted molar refractivity (Wildman–Crippen MR) is 114 cm³/mol. The monoisotopic (exact) mass is 473 g/mol. The number of ether oxygens (including phenoxy) is 2. The minimum atomic E-state index is -0.557. The van der Waals surface area contributed by atoms with Gasteiger partial charge < -0.3 is 20.2 Å². The van der Waals surface area contributed by atoms with Crippen LogP contribution in [-0.4, -0.2) is 53.4 Å². The number of halogens is 2. The Hall–Kier alpha value is -1.44. The van der Waals surface area contributed by atoms with Gasteiger partial charge in [0, 0.05) is 34.8 Å². The molecule has 2 aliphatic heterocycles. The molecule has 2 aromatic rings. The van der Waals surface area contributed by atoms with Gasteiger partial charge in [-0.25, -0.2) is 15.2 Å². The van der Waals surface area contributed by atoms with Gasteiger partial charge >= 0.3 is 0 Å². The Kier molecular flexibility index (Phi) is 6.80. The van der Waals surface area contributed by atoms with Gasteiger partial charge in [0.05, 0.1) is 12.2 Å². The molecule has 0 spiro atoms. The zero-order valence-electron chi connectivity index (χ0n) is 15.9. The Labute approximate surface area is 186 Å². The third kappa shape index (κ3) is 4.43. The van der Waals surface area contributed by atoms with Gasteiger partial charge in [-0.3, -0.25) is 4.84 Å². The van der Waals surface area contributed by atoms with Crippen LogP contribution < -0.4 is 17.1 Å². The molecule has 5 atom stereocenters. The van der Waals surface area contributed by atoms with E-state index in [1.165, 1.54) is 40.2 Å². The number of thiazole rings is 1. The fourth-order valence-corrected chi connectivity index (χ4v) is 5.50. The number of nitrogens with two attached hydrogens (primary N) is 2. The maximum Gasteiger partial charge on any atom is 0.140 e. The maximum absolute atomic E-state index is 14.3. The Morgan fingerprint density at radius 1 is 1.53 bits per heavy atom. The molecule has 0 radical (unpaired) electrons. The molecule has 0 saturated carbocycles. The molecule has 162 valence electrons. The van der Waals surface area contributed by atoms with Crippen molar-refractivity contribution in [1.82, 2.24) is 15.5 Å². The number of rotatable bonds is 6. The average Bonchev–Trinajstić information content (AvgIpc) is 3.41. The van der Waals surface area contributed by atoms with Gasteiger partial charge in [-0.2, -0.15) is 5.48 Å². The number of hydrazine groups is 1. The van der Waals surface area contributed by atoms with E-state index in [0.717, 1.165) is 0 Å². The van der Waals surface area contributed by atoms with E-state index < -0.39 is 23.7 Å². The zero-order chi connectivity index (χ0) is 21.3. The van der Waals surface area contributed by atoms with Gasteiger partial charge in [0.25, 0.3) is 0 Å². The quantitative estimate of drug-likeness (QED) is 0.429. The summed E-state index contributed by atoms with van der Waals surface area (Å²) in [4.78, 5) is 10.2. The normalized spacial score (nSPS) is 29.1. The molecule has 0 aliphatic carbocycles. The standard InChI is InChI=1S/C18H21ClFN5O3S2/c1-26-16-14(25(22)8-11(21)17-23-4-5-29-17)15-12(7-24-28-15)27-18(16)30-13-6-9(19)2-3-10(13)20/h2-6,8,12,14-16,18,24H,7,21-22H2,1H3/b11-8-. The van der Waals surface area contributed by atoms with Crippen LogP contribution in [0.2, 0.25) is 5.02 Å². The first kappa shape index (κ1) is 21.8. The number of fused-ring (bicyclic) bond motifs is 1. The molecule has 1 aromatic heterocycles. The molecular weight excluding hydrogens is 453 g/mol. The highest BCUT2D eigenvalue weighted by Crippen LogP contribution is 2.39. The number of thioether (sulfide) groups is 1. The Bertz CT molecular complexity index is 906. The summed E-state index contributed by atoms with van der Waals surface area (Å²) in [7, 11) is 1.55. The van der Waals surface area contributed by atoms with Crippen molar-refractivity contribution in [3.05, 3.63) is 51.8 Å². The molecule has 2 fully saturated rings. The topological polar surface area (TPSA) is 108 Å². The van der Waals surface area contributed by atoms with E-state index in [2.05, 4.69) is 10.5 Å². The third-order valence-electron chi connectivity index (χ3n) is 4.84. The number of hydrogen-bond donors (Lipinski definition) is 3. The lowest BCUT2D eigenvalue weighted by Gasteiger charge is -2.45. The van der Waals surface area contributed by atoms with E-state index in [9.17, 15) is 4.39 Å². The van der Waals surface area contributed by atoms with Gasteiger partial charge in [-0.1, -0.05) is 23.4 Å². The minimum Gasteiger partial charge on any atom is -0.395 e. The van der Waals surface area contributed by atoms with Crippen LogP contribution in [0.25, 0.3) is 5.70 Å². The Morgan fingerprint density at radius 2 is 2.37 bits per heavy atom. The summed E-state index contributed by atoms with van der Waals surface area (Å²) in [6.45, 7) is 0.464. The summed E-state index contributed by atoms with van der Waals surface area (Å²) in [5, 5.41) is 4.37. The Morgan fingerprint density at radius 3 is 3.10 bits per heavy atom. The SMILES string of the molecule is COC1C(Sc2cc(Cl)ccc2F)OC2CNOC2C1N(N)/C=C(\N)c1nccs1. The van der Waals surface area contributed by atoms with Gasteiger partial charge in [0.2, 0.25) is 0 Å². The summed E-state index contributed by atoms with van der Waals surface area (Å²) in [6.07, 6.45) is 1.99. The molecule has 0 bridgehead atoms. The van der Waals surface area contributed by atoms with Crippen LogP contribution in [0.4, 0.5) is 4.39 Å². The van der Waals surface area contributed by atoms with Crippen molar-refractivity contribution in [2.75, 3.05) is 13.7 Å². The van der Waals surface area contributed by atoms with Gasteiger partial charge in [-0.05, 0) is 18.2 Å². The molecule has 30 heavy (non-hydrogen) atoms. The lowest BCUT2D eigenvalue weighted by atomic mass is 9.97. The zero-order valence-corrected chi connectivity index (χ0v) is 18.3. The molecule has 3 heterocycles. The molecule has 0 amide bonds. The van der Waals surface area contributed by atoms with E-state index in [0.29, 0.717) is 27.2 Å². The first-order valence-electron chi connectivity index (χ1n) is 9.06. The molecule has 4 rings (SSSR count). The van der Waals surface area contributed by atoms with E-state index in [-0.39, 0.29) is 11.9 Å². The highest BCUT2D eigenvalue weighted by Gasteiger charge is 2.51. The second-order valence-electron chi connectivity index (χ2n) is 6.73. The number of methoxy groups -OCH3 is 1. The molecule has 2 saturated heterocycles. The summed E-state index contributed by atoms with van der Waals surface area (Å²) in [6, 6.07) is 3.92. The number of nitrogens with zero attached hydrogens (tertiary/aromatic N) is 2. The number of aromatic nitrogens is 1. The predicted octanol–water partition coefficient (Wildman–Crippen LogP) is 2.17. The molecule has 5 N–H and O–H groups in total. The summed E-state index contributed by atoms with van der Waals surface area (Å²) in [5.74, 6) is 6.00. The number of hydroxylamine groups is 1. The molecule has 1 aromatic carbocycles. The molecule has 2 aliphatic rings. The van der Waals surface area contributed by atoms with Gasteiger partial charge in [0.1, 0.15) is 40.6 Å². The van der Waals surface area contributed by atoms with Crippen LogP contribution in [0.15, 0.2) is 40.9 Å². The summed E-state index contributed by atoms with van der Waals surface area (Å²) >= 11 is 8.64. The average molecular weight is 474 g/mol. The molecule has 8 nitrogen and oxygen atoms in total. The van der Waals surface area contributed by atoms with Crippen LogP contribution in [0.3, 0.4) is 0 Å². The number of hydrogen-bond acceptors (Lipinski definition) is 10. The van der Waals surface area contributed by atoms with Crippen LogP contribution >= 0.6 is 34.7 Å². The van der Waals surface area contributed by atoms with E-state index in [1.807, 2.05) is 5.38 Å². The molecule has 5 unspecified atom stereocenters. The highest BCUT2D eigenvalue weighted by molar-refractivity contribution is 7.99. The first-order chi connectivity index (χ1) is 14.5. The minimum absolute atomic E-state index is 0.304. The largest absolute Gasteiger partial charge is 0.395 e. The van der Waals surface area contributed by atoms with E-state index in [4.69, 9.17) is 37.5 Å². The Balaban J connectivity index is 1.62. The van der Waals surface area contributed by atoms with Crippen LogP contribution in [0.5, 0.6) is 0 Å². The van der Waals surface area contributed by atoms with Gasteiger partial charge in [-0.15, -0.1) is 11.3 Å². The molecular formula is C18H21ClFN5O3S2. The maximum atomic E-state index is 14.3. The van der Waals surface area contributed by atoms with Crippen molar-refractivity contribution in [3.63, 3.8) is 0 Å². The highest BCUT2D eigenvalue weighted by atomic mass is 35.5. The van der Waals surface area contributed by atoms with Crippen molar-refractivity contribution < 1.29 is 18.7 Å². The fraction of sp³-hybridized carbons (Fsp3) is 0.389. The van der Waals surface area contributed by atoms with Crippen molar-refractivity contribution in [3.8, 4) is 0 Å². The number of nitrogens with one attached hydrogen (secondary N) is 1. The first-order valence-corrected chi connectivity index (χ1v) is 11.2. The van der Waals surface area contributed by atoms with Crippen molar-refractivity contribution >= 4 is 40.4 Å². The fourth-order valence-electron chi connectivity index (χ4n) is 3.48.